The van der Waals surface area contributed by atoms with Crippen LogP contribution in [0.1, 0.15) is 0 Å². The second kappa shape index (κ2) is 2.18. The number of carbonyl (C=O) groups is 1. The van der Waals surface area contributed by atoms with E-state index >= 15 is 0 Å². The van der Waals surface area contributed by atoms with Crippen molar-refractivity contribution in [1.29, 1.82) is 5.26 Å². The summed E-state index contributed by atoms with van der Waals surface area (Å²) in [5.41, 5.74) is 0. The van der Waals surface area contributed by atoms with Gasteiger partial charge in [-0.25, -0.2) is 4.99 Å². The summed E-state index contributed by atoms with van der Waals surface area (Å²) in [6.07, 6.45) is 2.62. The van der Waals surface area contributed by atoms with E-state index in [9.17, 15) is 4.79 Å². The van der Waals surface area contributed by atoms with Gasteiger partial charge in [0.1, 0.15) is 0 Å². The van der Waals surface area contributed by atoms with Gasteiger partial charge < -0.3 is 0 Å². The molecule has 0 fully saturated rings. The first-order valence-corrected chi connectivity index (χ1v) is 2.34. The molecular formula is C5H3N3O. The van der Waals surface area contributed by atoms with Crippen LogP contribution < -0.4 is 0 Å². The van der Waals surface area contributed by atoms with Crippen molar-refractivity contribution in [2.45, 2.75) is 6.04 Å². The number of hydrogen-bond donors (Lipinski definition) is 0. The number of carbonyl (C=O) groups excluding carboxylic acids is 1. The molecule has 0 aromatic carbocycles. The lowest BCUT2D eigenvalue weighted by molar-refractivity contribution is -0.117. The standard InChI is InChI=1S/C5H3N3O/c6-3-4-5(9)8-2-1-7-4/h1-2,4H. The average molecular weight is 121 g/mol. The highest BCUT2D eigenvalue weighted by Gasteiger charge is 2.15. The molecule has 0 saturated heterocycles. The number of nitrogens with zero attached hydrogens (tertiary/aromatic N) is 3. The molecule has 1 amide bonds. The fraction of sp³-hybridized carbons (Fsp3) is 0.200. The van der Waals surface area contributed by atoms with Crippen LogP contribution in [0.2, 0.25) is 0 Å². The SMILES string of the molecule is N#CC1N=CC=NC1=O. The Morgan fingerprint density at radius 3 is 2.89 bits per heavy atom. The van der Waals surface area contributed by atoms with Crippen LogP contribution in [0.15, 0.2) is 9.98 Å². The Labute approximate surface area is 51.5 Å². The zero-order chi connectivity index (χ0) is 6.69. The molecule has 9 heavy (non-hydrogen) atoms. The number of hydrogen-bond acceptors (Lipinski definition) is 3. The van der Waals surface area contributed by atoms with Crippen molar-refractivity contribution in [3.8, 4) is 6.07 Å². The fourth-order valence-electron chi connectivity index (χ4n) is 0.454. The van der Waals surface area contributed by atoms with E-state index in [-0.39, 0.29) is 0 Å². The van der Waals surface area contributed by atoms with Crippen LogP contribution in [0.4, 0.5) is 0 Å². The van der Waals surface area contributed by atoms with Crippen LogP contribution in [0.3, 0.4) is 0 Å². The Morgan fingerprint density at radius 2 is 2.44 bits per heavy atom. The summed E-state index contributed by atoms with van der Waals surface area (Å²) in [5.74, 6) is -0.486. The van der Waals surface area contributed by atoms with Crippen LogP contribution in [0.25, 0.3) is 0 Å². The second-order valence-corrected chi connectivity index (χ2v) is 1.45. The monoisotopic (exact) mass is 121 g/mol. The highest BCUT2D eigenvalue weighted by atomic mass is 16.1. The first kappa shape index (κ1) is 5.63. The Hall–Kier alpha value is -1.50. The van der Waals surface area contributed by atoms with E-state index in [1.54, 1.807) is 6.07 Å². The van der Waals surface area contributed by atoms with Gasteiger partial charge in [-0.1, -0.05) is 0 Å². The van der Waals surface area contributed by atoms with Crippen molar-refractivity contribution in [3.05, 3.63) is 0 Å². The minimum Gasteiger partial charge on any atom is -0.269 e. The quantitative estimate of drug-likeness (QED) is 0.436. The van der Waals surface area contributed by atoms with Crippen molar-refractivity contribution in [1.82, 2.24) is 0 Å². The minimum absolute atomic E-state index is 0.486. The fourth-order valence-corrected chi connectivity index (χ4v) is 0.454. The second-order valence-electron chi connectivity index (χ2n) is 1.45. The zero-order valence-electron chi connectivity index (χ0n) is 4.48. The van der Waals surface area contributed by atoms with E-state index in [2.05, 4.69) is 9.98 Å². The molecule has 1 atom stereocenters. The summed E-state index contributed by atoms with van der Waals surface area (Å²) in [5, 5.41) is 8.20. The van der Waals surface area contributed by atoms with Crippen molar-refractivity contribution < 1.29 is 4.79 Å². The summed E-state index contributed by atoms with van der Waals surface area (Å²) >= 11 is 0. The Kier molecular flexibility index (Phi) is 1.36. The van der Waals surface area contributed by atoms with Crippen LogP contribution >= 0.6 is 0 Å². The molecule has 0 saturated carbocycles. The lowest BCUT2D eigenvalue weighted by atomic mass is 10.3. The largest absolute Gasteiger partial charge is 0.285 e. The van der Waals surface area contributed by atoms with Gasteiger partial charge in [0.15, 0.2) is 0 Å². The van der Waals surface area contributed by atoms with Gasteiger partial charge in [0, 0.05) is 12.4 Å². The maximum absolute atomic E-state index is 10.5. The van der Waals surface area contributed by atoms with Crippen LogP contribution in [-0.2, 0) is 4.79 Å². The van der Waals surface area contributed by atoms with Gasteiger partial charge in [0.05, 0.1) is 6.07 Å². The smallest absolute Gasteiger partial charge is 0.269 e. The minimum atomic E-state index is -0.907. The highest BCUT2D eigenvalue weighted by Crippen LogP contribution is 1.94. The summed E-state index contributed by atoms with van der Waals surface area (Å²) in [4.78, 5) is 17.4. The summed E-state index contributed by atoms with van der Waals surface area (Å²) < 4.78 is 0. The Morgan fingerprint density at radius 1 is 1.67 bits per heavy atom. The molecule has 0 N–H and O–H groups in total. The van der Waals surface area contributed by atoms with Gasteiger partial charge in [-0.2, -0.15) is 5.26 Å². The van der Waals surface area contributed by atoms with E-state index in [4.69, 9.17) is 5.26 Å². The van der Waals surface area contributed by atoms with Crippen LogP contribution in [0.5, 0.6) is 0 Å². The molecule has 1 unspecified atom stereocenters. The molecule has 0 bridgehead atoms. The first-order chi connectivity index (χ1) is 4.34. The third-order valence-corrected chi connectivity index (χ3v) is 0.860. The normalized spacial score (nSPS) is 23.9. The lowest BCUT2D eigenvalue weighted by Gasteiger charge is -1.97. The molecule has 0 radical (unpaired) electrons. The molecule has 0 aromatic heterocycles. The lowest BCUT2D eigenvalue weighted by Crippen LogP contribution is -2.17. The topological polar surface area (TPSA) is 65.6 Å². The molecule has 44 valence electrons. The molecule has 1 heterocycles. The molecule has 4 nitrogen and oxygen atoms in total. The van der Waals surface area contributed by atoms with Crippen molar-refractivity contribution in [2.75, 3.05) is 0 Å². The van der Waals surface area contributed by atoms with Gasteiger partial charge in [-0.3, -0.25) is 9.79 Å². The third kappa shape index (κ3) is 0.995. The third-order valence-electron chi connectivity index (χ3n) is 0.860. The van der Waals surface area contributed by atoms with Gasteiger partial charge in [0.2, 0.25) is 6.04 Å². The zero-order valence-corrected chi connectivity index (χ0v) is 4.48. The van der Waals surface area contributed by atoms with Gasteiger partial charge in [-0.15, -0.1) is 0 Å². The van der Waals surface area contributed by atoms with E-state index in [1.807, 2.05) is 0 Å². The molecule has 4 heteroatoms. The van der Waals surface area contributed by atoms with Gasteiger partial charge in [0.25, 0.3) is 5.91 Å². The predicted octanol–water partition coefficient (Wildman–Crippen LogP) is -0.440. The van der Waals surface area contributed by atoms with E-state index in [0.717, 1.165) is 0 Å². The molecule has 1 aliphatic rings. The Balaban J connectivity index is 2.81. The van der Waals surface area contributed by atoms with Gasteiger partial charge in [-0.05, 0) is 0 Å². The van der Waals surface area contributed by atoms with Crippen LogP contribution in [0, 0.1) is 11.3 Å². The number of nitriles is 1. The van der Waals surface area contributed by atoms with E-state index < -0.39 is 11.9 Å². The van der Waals surface area contributed by atoms with Crippen molar-refractivity contribution >= 4 is 18.3 Å². The van der Waals surface area contributed by atoms with E-state index in [1.165, 1.54) is 12.4 Å². The molecule has 0 aromatic rings. The summed E-state index contributed by atoms with van der Waals surface area (Å²) in [6, 6.07) is 0.785. The number of amides is 1. The van der Waals surface area contributed by atoms with Crippen molar-refractivity contribution in [3.63, 3.8) is 0 Å². The molecule has 1 rings (SSSR count). The summed E-state index contributed by atoms with van der Waals surface area (Å²) in [7, 11) is 0. The highest BCUT2D eigenvalue weighted by molar-refractivity contribution is 6.21. The summed E-state index contributed by atoms with van der Waals surface area (Å²) in [6.45, 7) is 0. The first-order valence-electron chi connectivity index (χ1n) is 2.34. The predicted molar refractivity (Wildman–Crippen MR) is 31.4 cm³/mol. The number of rotatable bonds is 0. The number of aliphatic imine (C=N–C) groups is 2. The van der Waals surface area contributed by atoms with Crippen LogP contribution in [-0.4, -0.2) is 24.4 Å². The molecule has 0 spiro atoms. The van der Waals surface area contributed by atoms with Crippen molar-refractivity contribution in [2.24, 2.45) is 9.98 Å². The maximum Gasteiger partial charge on any atom is 0.285 e. The molecule has 0 aliphatic carbocycles. The molecular weight excluding hydrogens is 118 g/mol. The maximum atomic E-state index is 10.5. The van der Waals surface area contributed by atoms with Gasteiger partial charge >= 0.3 is 0 Å². The van der Waals surface area contributed by atoms with E-state index in [0.29, 0.717) is 0 Å². The Bertz CT molecular complexity index is 223. The molecule has 1 aliphatic heterocycles. The average Bonchev–Trinajstić information content (AvgIpc) is 1.89.